The quantitative estimate of drug-likeness (QED) is 0.836. The third-order valence-corrected chi connectivity index (χ3v) is 4.21. The maximum Gasteiger partial charge on any atom is 0.161 e. The first-order chi connectivity index (χ1) is 10.1. The van der Waals surface area contributed by atoms with E-state index in [0.29, 0.717) is 18.1 Å². The molecule has 0 aliphatic heterocycles. The molecule has 1 aliphatic rings. The van der Waals surface area contributed by atoms with Crippen molar-refractivity contribution in [1.29, 1.82) is 5.26 Å². The highest BCUT2D eigenvalue weighted by atomic mass is 16.5. The van der Waals surface area contributed by atoms with E-state index >= 15 is 0 Å². The first kappa shape index (κ1) is 15.6. The van der Waals surface area contributed by atoms with Gasteiger partial charge < -0.3 is 20.3 Å². The van der Waals surface area contributed by atoms with E-state index in [1.165, 1.54) is 0 Å². The van der Waals surface area contributed by atoms with Crippen molar-refractivity contribution in [2.75, 3.05) is 13.7 Å². The standard InChI is InChI=1S/C16H22N2O3/c1-20-15-9-12(10-19)4-5-14(15)21-8-6-13-3-2-7-16(13,18)11-17/h4-5,9,13,19H,2-3,6-8,10,18H2,1H3. The Balaban J connectivity index is 1.93. The minimum atomic E-state index is -0.700. The van der Waals surface area contributed by atoms with E-state index < -0.39 is 5.54 Å². The highest BCUT2D eigenvalue weighted by Crippen LogP contribution is 2.36. The van der Waals surface area contributed by atoms with Crippen LogP contribution in [0.1, 0.15) is 31.2 Å². The van der Waals surface area contributed by atoms with Gasteiger partial charge in [-0.05, 0) is 42.9 Å². The molecular weight excluding hydrogens is 268 g/mol. The molecule has 0 spiro atoms. The van der Waals surface area contributed by atoms with Crippen LogP contribution in [0, 0.1) is 17.2 Å². The van der Waals surface area contributed by atoms with Gasteiger partial charge in [0.1, 0.15) is 5.54 Å². The number of nitrogens with two attached hydrogens (primary N) is 1. The number of hydrogen-bond acceptors (Lipinski definition) is 5. The molecule has 114 valence electrons. The van der Waals surface area contributed by atoms with Crippen molar-refractivity contribution in [3.05, 3.63) is 23.8 Å². The Morgan fingerprint density at radius 3 is 2.95 bits per heavy atom. The number of methoxy groups -OCH3 is 1. The fourth-order valence-electron chi connectivity index (χ4n) is 2.89. The normalized spacial score (nSPS) is 24.6. The van der Waals surface area contributed by atoms with E-state index in [2.05, 4.69) is 6.07 Å². The topological polar surface area (TPSA) is 88.5 Å². The van der Waals surface area contributed by atoms with Crippen molar-refractivity contribution in [2.24, 2.45) is 11.7 Å². The number of aliphatic hydroxyl groups is 1. The van der Waals surface area contributed by atoms with Crippen LogP contribution >= 0.6 is 0 Å². The molecule has 5 heteroatoms. The first-order valence-electron chi connectivity index (χ1n) is 7.23. The molecule has 1 saturated carbocycles. The maximum absolute atomic E-state index is 9.19. The number of ether oxygens (including phenoxy) is 2. The summed E-state index contributed by atoms with van der Waals surface area (Å²) < 4.78 is 11.0. The fraction of sp³-hybridized carbons (Fsp3) is 0.562. The smallest absolute Gasteiger partial charge is 0.161 e. The van der Waals surface area contributed by atoms with Gasteiger partial charge in [-0.1, -0.05) is 12.5 Å². The minimum Gasteiger partial charge on any atom is -0.493 e. The average molecular weight is 290 g/mol. The zero-order valence-electron chi connectivity index (χ0n) is 12.3. The summed E-state index contributed by atoms with van der Waals surface area (Å²) in [6, 6.07) is 7.60. The lowest BCUT2D eigenvalue weighted by atomic mass is 9.87. The summed E-state index contributed by atoms with van der Waals surface area (Å²) >= 11 is 0. The zero-order chi connectivity index (χ0) is 15.3. The molecule has 1 aliphatic carbocycles. The van der Waals surface area contributed by atoms with Gasteiger partial charge in [0.2, 0.25) is 0 Å². The van der Waals surface area contributed by atoms with Crippen molar-refractivity contribution < 1.29 is 14.6 Å². The predicted molar refractivity (Wildman–Crippen MR) is 78.9 cm³/mol. The van der Waals surface area contributed by atoms with Crippen molar-refractivity contribution in [2.45, 2.75) is 37.8 Å². The average Bonchev–Trinajstić information content (AvgIpc) is 2.89. The molecule has 1 aromatic carbocycles. The second-order valence-corrected chi connectivity index (χ2v) is 5.52. The Kier molecular flexibility index (Phi) is 5.05. The van der Waals surface area contributed by atoms with Crippen molar-refractivity contribution in [3.63, 3.8) is 0 Å². The van der Waals surface area contributed by atoms with E-state index in [1.807, 2.05) is 0 Å². The largest absolute Gasteiger partial charge is 0.493 e. The number of nitriles is 1. The van der Waals surface area contributed by atoms with E-state index in [9.17, 15) is 5.26 Å². The van der Waals surface area contributed by atoms with Crippen LogP contribution < -0.4 is 15.2 Å². The van der Waals surface area contributed by atoms with Gasteiger partial charge in [-0.2, -0.15) is 5.26 Å². The summed E-state index contributed by atoms with van der Waals surface area (Å²) in [6.07, 6.45) is 3.51. The van der Waals surface area contributed by atoms with Gasteiger partial charge in [0, 0.05) is 0 Å². The molecule has 0 bridgehead atoms. The molecule has 2 atom stereocenters. The van der Waals surface area contributed by atoms with Gasteiger partial charge in [-0.15, -0.1) is 0 Å². The van der Waals surface area contributed by atoms with Gasteiger partial charge in [0.25, 0.3) is 0 Å². The van der Waals surface area contributed by atoms with Gasteiger partial charge >= 0.3 is 0 Å². The number of aliphatic hydroxyl groups excluding tert-OH is 1. The Morgan fingerprint density at radius 1 is 1.48 bits per heavy atom. The highest BCUT2D eigenvalue weighted by molar-refractivity contribution is 5.42. The second kappa shape index (κ2) is 6.79. The molecule has 0 radical (unpaired) electrons. The summed E-state index contributed by atoms with van der Waals surface area (Å²) in [5, 5.41) is 18.3. The van der Waals surface area contributed by atoms with E-state index in [4.69, 9.17) is 20.3 Å². The third kappa shape index (κ3) is 3.46. The lowest BCUT2D eigenvalue weighted by molar-refractivity contribution is 0.244. The molecule has 21 heavy (non-hydrogen) atoms. The zero-order valence-corrected chi connectivity index (χ0v) is 12.3. The molecule has 1 aromatic rings. The van der Waals surface area contributed by atoms with Gasteiger partial charge in [-0.3, -0.25) is 0 Å². The molecule has 1 fully saturated rings. The molecule has 0 saturated heterocycles. The SMILES string of the molecule is COc1cc(CO)ccc1OCCC1CCCC1(N)C#N. The molecule has 0 amide bonds. The van der Waals surface area contributed by atoms with Crippen LogP contribution in [0.15, 0.2) is 18.2 Å². The maximum atomic E-state index is 9.19. The molecular formula is C16H22N2O3. The number of benzene rings is 1. The summed E-state index contributed by atoms with van der Waals surface area (Å²) in [7, 11) is 1.57. The van der Waals surface area contributed by atoms with E-state index in [0.717, 1.165) is 31.2 Å². The Morgan fingerprint density at radius 2 is 2.29 bits per heavy atom. The van der Waals surface area contributed by atoms with Gasteiger partial charge in [0.05, 0.1) is 26.4 Å². The molecule has 2 rings (SSSR count). The molecule has 5 nitrogen and oxygen atoms in total. The van der Waals surface area contributed by atoms with Gasteiger partial charge in [0.15, 0.2) is 11.5 Å². The van der Waals surface area contributed by atoms with Crippen molar-refractivity contribution >= 4 is 0 Å². The Hall–Kier alpha value is -1.77. The number of rotatable bonds is 6. The van der Waals surface area contributed by atoms with Crippen LogP contribution in [0.4, 0.5) is 0 Å². The predicted octanol–water partition coefficient (Wildman–Crippen LogP) is 1.98. The number of nitrogens with zero attached hydrogens (tertiary/aromatic N) is 1. The summed E-state index contributed by atoms with van der Waals surface area (Å²) in [5.74, 6) is 1.43. The Labute approximate surface area is 125 Å². The monoisotopic (exact) mass is 290 g/mol. The molecule has 3 N–H and O–H groups in total. The lowest BCUT2D eigenvalue weighted by Crippen LogP contribution is -2.42. The second-order valence-electron chi connectivity index (χ2n) is 5.52. The highest BCUT2D eigenvalue weighted by Gasteiger charge is 2.39. The third-order valence-electron chi connectivity index (χ3n) is 4.21. The summed E-state index contributed by atoms with van der Waals surface area (Å²) in [4.78, 5) is 0. The molecule has 0 heterocycles. The van der Waals surface area contributed by atoms with Crippen LogP contribution in [0.25, 0.3) is 0 Å². The van der Waals surface area contributed by atoms with Crippen LogP contribution in [0.2, 0.25) is 0 Å². The van der Waals surface area contributed by atoms with E-state index in [1.54, 1.807) is 25.3 Å². The van der Waals surface area contributed by atoms with Crippen LogP contribution in [0.5, 0.6) is 11.5 Å². The molecule has 2 unspecified atom stereocenters. The van der Waals surface area contributed by atoms with Crippen molar-refractivity contribution in [3.8, 4) is 17.6 Å². The minimum absolute atomic E-state index is 0.0312. The van der Waals surface area contributed by atoms with Crippen LogP contribution in [0.3, 0.4) is 0 Å². The fourth-order valence-corrected chi connectivity index (χ4v) is 2.89. The molecule has 0 aromatic heterocycles. The summed E-state index contributed by atoms with van der Waals surface area (Å²) in [5.41, 5.74) is 6.18. The number of hydrogen-bond donors (Lipinski definition) is 2. The Bertz CT molecular complexity index is 527. The van der Waals surface area contributed by atoms with Crippen molar-refractivity contribution in [1.82, 2.24) is 0 Å². The van der Waals surface area contributed by atoms with Crippen LogP contribution in [-0.4, -0.2) is 24.4 Å². The summed E-state index contributed by atoms with van der Waals surface area (Å²) in [6.45, 7) is 0.469. The first-order valence-corrected chi connectivity index (χ1v) is 7.23. The van der Waals surface area contributed by atoms with E-state index in [-0.39, 0.29) is 12.5 Å². The lowest BCUT2D eigenvalue weighted by Gasteiger charge is -2.23. The van der Waals surface area contributed by atoms with Gasteiger partial charge in [-0.25, -0.2) is 0 Å². The van der Waals surface area contributed by atoms with Crippen LogP contribution in [-0.2, 0) is 6.61 Å².